The molecule has 112 valence electrons. The molecule has 1 aromatic rings. The summed E-state index contributed by atoms with van der Waals surface area (Å²) in [5, 5.41) is 6.80. The molecule has 1 aliphatic rings. The fraction of sp³-hybridized carbons (Fsp3) is 0.733. The third-order valence-electron chi connectivity index (χ3n) is 3.45. The molecule has 1 saturated carbocycles. The van der Waals surface area contributed by atoms with E-state index in [1.807, 2.05) is 6.07 Å². The van der Waals surface area contributed by atoms with Crippen LogP contribution in [0.1, 0.15) is 44.9 Å². The second kappa shape index (κ2) is 6.88. The number of hydrogen-bond acceptors (Lipinski definition) is 5. The maximum atomic E-state index is 4.67. The molecule has 20 heavy (non-hydrogen) atoms. The number of nitrogens with one attached hydrogen (secondary N) is 2. The summed E-state index contributed by atoms with van der Waals surface area (Å²) < 4.78 is 0. The number of aromatic nitrogens is 2. The van der Waals surface area contributed by atoms with Gasteiger partial charge in [0.2, 0.25) is 0 Å². The van der Waals surface area contributed by atoms with Crippen molar-refractivity contribution in [1.29, 1.82) is 0 Å². The van der Waals surface area contributed by atoms with Gasteiger partial charge in [-0.3, -0.25) is 0 Å². The first-order valence-electron chi connectivity index (χ1n) is 7.62. The van der Waals surface area contributed by atoms with Gasteiger partial charge in [0.1, 0.15) is 17.5 Å². The molecular weight excluding hydrogens is 250 g/mol. The minimum atomic E-state index is 0.411. The summed E-state index contributed by atoms with van der Waals surface area (Å²) in [6.45, 7) is 6.26. The summed E-state index contributed by atoms with van der Waals surface area (Å²) in [5.41, 5.74) is 0. The van der Waals surface area contributed by atoms with Crippen LogP contribution in [-0.2, 0) is 0 Å². The Morgan fingerprint density at radius 3 is 2.60 bits per heavy atom. The summed E-state index contributed by atoms with van der Waals surface area (Å²) in [6, 6.07) is 2.43. The first-order valence-corrected chi connectivity index (χ1v) is 7.62. The Kier molecular flexibility index (Phi) is 5.17. The Balaban J connectivity index is 2.01. The van der Waals surface area contributed by atoms with Gasteiger partial charge in [0.15, 0.2) is 0 Å². The second-order valence-corrected chi connectivity index (χ2v) is 5.94. The molecule has 5 nitrogen and oxygen atoms in total. The van der Waals surface area contributed by atoms with Crippen LogP contribution in [0, 0.1) is 0 Å². The Morgan fingerprint density at radius 2 is 2.00 bits per heavy atom. The molecule has 0 radical (unpaired) electrons. The number of anilines is 2. The molecule has 1 unspecified atom stereocenters. The summed E-state index contributed by atoms with van der Waals surface area (Å²) in [4.78, 5) is 11.5. The van der Waals surface area contributed by atoms with Crippen LogP contribution < -0.4 is 10.6 Å². The van der Waals surface area contributed by atoms with Crippen molar-refractivity contribution < 1.29 is 0 Å². The lowest BCUT2D eigenvalue weighted by molar-refractivity contribution is 0.390. The molecule has 5 heteroatoms. The first-order chi connectivity index (χ1) is 9.58. The largest absolute Gasteiger partial charge is 0.370 e. The molecule has 2 rings (SSSR count). The molecule has 0 spiro atoms. The summed E-state index contributed by atoms with van der Waals surface area (Å²) in [6.07, 6.45) is 3.56. The van der Waals surface area contributed by atoms with Crippen molar-refractivity contribution >= 4 is 11.6 Å². The molecular formula is C15H27N5. The van der Waals surface area contributed by atoms with E-state index in [0.29, 0.717) is 12.0 Å². The first kappa shape index (κ1) is 15.0. The van der Waals surface area contributed by atoms with Crippen LogP contribution in [-0.4, -0.2) is 48.1 Å². The van der Waals surface area contributed by atoms with Gasteiger partial charge in [-0.1, -0.05) is 0 Å². The molecule has 1 atom stereocenters. The monoisotopic (exact) mass is 277 g/mol. The Morgan fingerprint density at radius 1 is 1.30 bits per heavy atom. The van der Waals surface area contributed by atoms with Crippen LogP contribution in [0.4, 0.5) is 11.6 Å². The van der Waals surface area contributed by atoms with Crippen LogP contribution in [0.15, 0.2) is 6.07 Å². The fourth-order valence-corrected chi connectivity index (χ4v) is 2.11. The summed E-state index contributed by atoms with van der Waals surface area (Å²) >= 11 is 0. The van der Waals surface area contributed by atoms with Crippen LogP contribution in [0.2, 0.25) is 0 Å². The minimum Gasteiger partial charge on any atom is -0.370 e. The van der Waals surface area contributed by atoms with Gasteiger partial charge >= 0.3 is 0 Å². The van der Waals surface area contributed by atoms with Gasteiger partial charge in [0, 0.05) is 24.6 Å². The van der Waals surface area contributed by atoms with Crippen LogP contribution in [0.25, 0.3) is 0 Å². The summed E-state index contributed by atoms with van der Waals surface area (Å²) in [7, 11) is 4.21. The highest BCUT2D eigenvalue weighted by molar-refractivity contribution is 5.48. The van der Waals surface area contributed by atoms with Crippen molar-refractivity contribution in [3.8, 4) is 0 Å². The smallest absolute Gasteiger partial charge is 0.136 e. The van der Waals surface area contributed by atoms with Gasteiger partial charge in [0.05, 0.1) is 0 Å². The van der Waals surface area contributed by atoms with E-state index in [9.17, 15) is 0 Å². The van der Waals surface area contributed by atoms with E-state index in [0.717, 1.165) is 37.0 Å². The Labute approximate surface area is 122 Å². The molecule has 0 bridgehead atoms. The van der Waals surface area contributed by atoms with E-state index in [1.54, 1.807) is 0 Å². The van der Waals surface area contributed by atoms with E-state index in [1.165, 1.54) is 12.8 Å². The Bertz CT molecular complexity index is 428. The third-order valence-corrected chi connectivity index (χ3v) is 3.45. The zero-order valence-electron chi connectivity index (χ0n) is 13.1. The predicted octanol–water partition coefficient (Wildman–Crippen LogP) is 2.54. The number of hydrogen-bond donors (Lipinski definition) is 2. The van der Waals surface area contributed by atoms with Gasteiger partial charge < -0.3 is 15.5 Å². The third kappa shape index (κ3) is 4.63. The average molecular weight is 277 g/mol. The SMILES string of the molecule is CCNc1cc(NC(C)CCN(C)C)nc(C2CC2)n1. The van der Waals surface area contributed by atoms with Gasteiger partial charge in [-0.25, -0.2) is 9.97 Å². The molecule has 1 aromatic heterocycles. The molecule has 2 N–H and O–H groups in total. The lowest BCUT2D eigenvalue weighted by Gasteiger charge is -2.18. The number of rotatable bonds is 8. The van der Waals surface area contributed by atoms with Gasteiger partial charge in [-0.15, -0.1) is 0 Å². The van der Waals surface area contributed by atoms with Crippen molar-refractivity contribution in [1.82, 2.24) is 14.9 Å². The molecule has 1 heterocycles. The van der Waals surface area contributed by atoms with E-state index in [-0.39, 0.29) is 0 Å². The van der Waals surface area contributed by atoms with Gasteiger partial charge in [-0.2, -0.15) is 0 Å². The average Bonchev–Trinajstić information content (AvgIpc) is 3.20. The number of nitrogens with zero attached hydrogens (tertiary/aromatic N) is 3. The molecule has 1 aliphatic carbocycles. The van der Waals surface area contributed by atoms with Crippen molar-refractivity contribution in [3.63, 3.8) is 0 Å². The van der Waals surface area contributed by atoms with Crippen LogP contribution in [0.5, 0.6) is 0 Å². The van der Waals surface area contributed by atoms with Crippen LogP contribution in [0.3, 0.4) is 0 Å². The van der Waals surface area contributed by atoms with E-state index >= 15 is 0 Å². The van der Waals surface area contributed by atoms with Crippen molar-refractivity contribution in [2.45, 2.75) is 45.1 Å². The maximum absolute atomic E-state index is 4.67. The lowest BCUT2D eigenvalue weighted by atomic mass is 10.2. The minimum absolute atomic E-state index is 0.411. The Hall–Kier alpha value is -1.36. The van der Waals surface area contributed by atoms with E-state index < -0.39 is 0 Å². The lowest BCUT2D eigenvalue weighted by Crippen LogP contribution is -2.23. The normalized spacial score (nSPS) is 16.2. The predicted molar refractivity (Wildman–Crippen MR) is 84.4 cm³/mol. The topological polar surface area (TPSA) is 53.1 Å². The van der Waals surface area contributed by atoms with Gasteiger partial charge in [0.25, 0.3) is 0 Å². The maximum Gasteiger partial charge on any atom is 0.136 e. The van der Waals surface area contributed by atoms with E-state index in [2.05, 4.69) is 53.4 Å². The highest BCUT2D eigenvalue weighted by Crippen LogP contribution is 2.38. The quantitative estimate of drug-likeness (QED) is 0.765. The standard InChI is InChI=1S/C15H27N5/c1-5-16-13-10-14(17-11(2)8-9-20(3)4)19-15(18-13)12-6-7-12/h10-12H,5-9H2,1-4H3,(H2,16,17,18,19). The zero-order chi connectivity index (χ0) is 14.5. The molecule has 0 aliphatic heterocycles. The van der Waals surface area contributed by atoms with Crippen molar-refractivity contribution in [3.05, 3.63) is 11.9 Å². The molecule has 0 saturated heterocycles. The molecule has 1 fully saturated rings. The van der Waals surface area contributed by atoms with Gasteiger partial charge in [-0.05, 0) is 53.8 Å². The zero-order valence-corrected chi connectivity index (χ0v) is 13.1. The summed E-state index contributed by atoms with van der Waals surface area (Å²) in [5.74, 6) is 3.45. The highest BCUT2D eigenvalue weighted by atomic mass is 15.1. The fourth-order valence-electron chi connectivity index (χ4n) is 2.11. The van der Waals surface area contributed by atoms with Crippen molar-refractivity contribution in [2.75, 3.05) is 37.8 Å². The highest BCUT2D eigenvalue weighted by Gasteiger charge is 2.27. The molecule has 0 amide bonds. The van der Waals surface area contributed by atoms with Crippen molar-refractivity contribution in [2.24, 2.45) is 0 Å². The second-order valence-electron chi connectivity index (χ2n) is 5.94. The molecule has 0 aromatic carbocycles. The van der Waals surface area contributed by atoms with E-state index in [4.69, 9.17) is 0 Å². The van der Waals surface area contributed by atoms with Crippen LogP contribution >= 0.6 is 0 Å².